The van der Waals surface area contributed by atoms with Crippen LogP contribution < -0.4 is 5.32 Å². The largest absolute Gasteiger partial charge is 0.306 e. The molecule has 0 atom stereocenters. The number of rotatable bonds is 6. The van der Waals surface area contributed by atoms with Crippen LogP contribution in [0, 0.1) is 0 Å². The first-order chi connectivity index (χ1) is 13.4. The third-order valence-electron chi connectivity index (χ3n) is 4.25. The molecule has 0 spiro atoms. The number of benzene rings is 2. The van der Waals surface area contributed by atoms with Crippen molar-refractivity contribution in [3.63, 3.8) is 0 Å². The van der Waals surface area contributed by atoms with Gasteiger partial charge in [-0.25, -0.2) is 0 Å². The fourth-order valence-corrected chi connectivity index (χ4v) is 2.99. The van der Waals surface area contributed by atoms with Crippen molar-refractivity contribution in [3.05, 3.63) is 87.5 Å². The van der Waals surface area contributed by atoms with Gasteiger partial charge in [-0.05, 0) is 40.8 Å². The molecule has 1 aromatic heterocycles. The van der Waals surface area contributed by atoms with Crippen molar-refractivity contribution in [1.82, 2.24) is 9.78 Å². The van der Waals surface area contributed by atoms with Crippen LogP contribution in [0.25, 0.3) is 6.08 Å². The maximum atomic E-state index is 12.1. The lowest BCUT2D eigenvalue weighted by Gasteiger charge is -2.04. The minimum Gasteiger partial charge on any atom is -0.306 e. The fourth-order valence-electron chi connectivity index (χ4n) is 2.67. The van der Waals surface area contributed by atoms with Crippen LogP contribution in [0.15, 0.2) is 60.8 Å². The highest BCUT2D eigenvalue weighted by atomic mass is 35.5. The number of anilines is 1. The Morgan fingerprint density at radius 2 is 1.86 bits per heavy atom. The van der Waals surface area contributed by atoms with Crippen molar-refractivity contribution in [2.24, 2.45) is 0 Å². The molecule has 0 saturated carbocycles. The first-order valence-corrected chi connectivity index (χ1v) is 9.73. The van der Waals surface area contributed by atoms with Gasteiger partial charge in [0.25, 0.3) is 0 Å². The Balaban J connectivity index is 1.58. The number of nitrogens with one attached hydrogen (secondary N) is 1. The number of nitrogens with zero attached hydrogens (tertiary/aromatic N) is 2. The topological polar surface area (TPSA) is 46.9 Å². The van der Waals surface area contributed by atoms with Crippen molar-refractivity contribution < 1.29 is 4.79 Å². The number of carbonyl (C=O) groups excluding carboxylic acids is 1. The molecule has 0 fully saturated rings. The van der Waals surface area contributed by atoms with E-state index in [1.165, 1.54) is 11.6 Å². The molecule has 1 heterocycles. The van der Waals surface area contributed by atoms with Gasteiger partial charge in [-0.1, -0.05) is 67.4 Å². The standard InChI is InChI=1S/C22H21Cl2N3O/c1-15(2)18-7-3-16(4-8-18)6-10-22(28)25-21-11-12-27(26-21)14-17-5-9-19(23)20(24)13-17/h3-13,15H,14H2,1-2H3,(H,25,26,28)/b10-6+. The Morgan fingerprint density at radius 3 is 2.54 bits per heavy atom. The molecular formula is C22H21Cl2N3O. The average Bonchev–Trinajstić information content (AvgIpc) is 3.10. The van der Waals surface area contributed by atoms with Crippen LogP contribution in [-0.4, -0.2) is 15.7 Å². The molecule has 3 rings (SSSR count). The predicted octanol–water partition coefficient (Wildman–Crippen LogP) is 6.01. The second-order valence-electron chi connectivity index (χ2n) is 6.79. The quantitative estimate of drug-likeness (QED) is 0.502. The second-order valence-corrected chi connectivity index (χ2v) is 7.61. The van der Waals surface area contributed by atoms with Crippen LogP contribution in [0.5, 0.6) is 0 Å². The predicted molar refractivity (Wildman–Crippen MR) is 116 cm³/mol. The Labute approximate surface area is 174 Å². The zero-order valence-corrected chi connectivity index (χ0v) is 17.2. The van der Waals surface area contributed by atoms with Gasteiger partial charge in [0.05, 0.1) is 16.6 Å². The van der Waals surface area contributed by atoms with Gasteiger partial charge in [0.2, 0.25) is 5.91 Å². The molecule has 1 amide bonds. The lowest BCUT2D eigenvalue weighted by atomic mass is 10.0. The number of carbonyl (C=O) groups is 1. The third-order valence-corrected chi connectivity index (χ3v) is 4.99. The van der Waals surface area contributed by atoms with Gasteiger partial charge in [-0.15, -0.1) is 0 Å². The van der Waals surface area contributed by atoms with E-state index >= 15 is 0 Å². The van der Waals surface area contributed by atoms with E-state index in [9.17, 15) is 4.79 Å². The highest BCUT2D eigenvalue weighted by Gasteiger charge is 2.05. The minimum atomic E-state index is -0.229. The summed E-state index contributed by atoms with van der Waals surface area (Å²) >= 11 is 12.0. The molecule has 28 heavy (non-hydrogen) atoms. The summed E-state index contributed by atoms with van der Waals surface area (Å²) in [5.41, 5.74) is 3.22. The van der Waals surface area contributed by atoms with Crippen molar-refractivity contribution in [2.45, 2.75) is 26.3 Å². The van der Waals surface area contributed by atoms with Gasteiger partial charge >= 0.3 is 0 Å². The van der Waals surface area contributed by atoms with E-state index in [0.29, 0.717) is 28.3 Å². The summed E-state index contributed by atoms with van der Waals surface area (Å²) in [5.74, 6) is 0.748. The molecule has 0 aliphatic heterocycles. The Kier molecular flexibility index (Phi) is 6.55. The monoisotopic (exact) mass is 413 g/mol. The number of hydrogen-bond acceptors (Lipinski definition) is 2. The van der Waals surface area contributed by atoms with Gasteiger partial charge in [-0.2, -0.15) is 5.10 Å². The van der Waals surface area contributed by atoms with Gasteiger partial charge in [-0.3, -0.25) is 9.48 Å². The molecule has 0 bridgehead atoms. The van der Waals surface area contributed by atoms with Crippen LogP contribution in [0.1, 0.15) is 36.5 Å². The molecule has 0 radical (unpaired) electrons. The molecule has 1 N–H and O–H groups in total. The normalized spacial score (nSPS) is 11.3. The zero-order chi connectivity index (χ0) is 20.1. The number of halogens is 2. The van der Waals surface area contributed by atoms with Crippen molar-refractivity contribution in [2.75, 3.05) is 5.32 Å². The molecular weight excluding hydrogens is 393 g/mol. The lowest BCUT2D eigenvalue weighted by Crippen LogP contribution is -2.09. The summed E-state index contributed by atoms with van der Waals surface area (Å²) in [6.45, 7) is 4.84. The molecule has 0 aliphatic rings. The number of hydrogen-bond donors (Lipinski definition) is 1. The first kappa shape index (κ1) is 20.2. The summed E-state index contributed by atoms with van der Waals surface area (Å²) in [6.07, 6.45) is 5.08. The van der Waals surface area contributed by atoms with E-state index in [2.05, 4.69) is 36.4 Å². The van der Waals surface area contributed by atoms with Crippen LogP contribution in [0.3, 0.4) is 0 Å². The van der Waals surface area contributed by atoms with Gasteiger partial charge in [0.1, 0.15) is 0 Å². The molecule has 0 aliphatic carbocycles. The third kappa shape index (κ3) is 5.47. The average molecular weight is 414 g/mol. The lowest BCUT2D eigenvalue weighted by molar-refractivity contribution is -0.111. The minimum absolute atomic E-state index is 0.229. The van der Waals surface area contributed by atoms with Crippen molar-refractivity contribution in [3.8, 4) is 0 Å². The van der Waals surface area contributed by atoms with Gasteiger partial charge in [0.15, 0.2) is 5.82 Å². The van der Waals surface area contributed by atoms with E-state index in [0.717, 1.165) is 11.1 Å². The SMILES string of the molecule is CC(C)c1ccc(/C=C/C(=O)Nc2ccn(Cc3ccc(Cl)c(Cl)c3)n2)cc1. The summed E-state index contributed by atoms with van der Waals surface area (Å²) in [7, 11) is 0. The first-order valence-electron chi connectivity index (χ1n) is 8.97. The van der Waals surface area contributed by atoms with E-state index in [1.54, 1.807) is 35.2 Å². The van der Waals surface area contributed by atoms with Crippen molar-refractivity contribution in [1.29, 1.82) is 0 Å². The zero-order valence-electron chi connectivity index (χ0n) is 15.7. The van der Waals surface area contributed by atoms with Crippen LogP contribution in [0.4, 0.5) is 5.82 Å². The van der Waals surface area contributed by atoms with E-state index < -0.39 is 0 Å². The molecule has 0 unspecified atom stereocenters. The highest BCUT2D eigenvalue weighted by Crippen LogP contribution is 2.23. The molecule has 4 nitrogen and oxygen atoms in total. The molecule has 144 valence electrons. The van der Waals surface area contributed by atoms with Crippen LogP contribution in [0.2, 0.25) is 10.0 Å². The maximum absolute atomic E-state index is 12.1. The summed E-state index contributed by atoms with van der Waals surface area (Å²) in [6, 6.07) is 15.4. The Morgan fingerprint density at radius 1 is 1.11 bits per heavy atom. The Bertz CT molecular complexity index is 991. The molecule has 2 aromatic carbocycles. The second kappa shape index (κ2) is 9.09. The van der Waals surface area contributed by atoms with E-state index in [4.69, 9.17) is 23.2 Å². The van der Waals surface area contributed by atoms with Crippen LogP contribution in [-0.2, 0) is 11.3 Å². The smallest absolute Gasteiger partial charge is 0.249 e. The number of aromatic nitrogens is 2. The van der Waals surface area contributed by atoms with E-state index in [1.807, 2.05) is 18.2 Å². The maximum Gasteiger partial charge on any atom is 0.249 e. The summed E-state index contributed by atoms with van der Waals surface area (Å²) in [4.78, 5) is 12.1. The van der Waals surface area contributed by atoms with Gasteiger partial charge < -0.3 is 5.32 Å². The molecule has 0 saturated heterocycles. The Hall–Kier alpha value is -2.56. The van der Waals surface area contributed by atoms with E-state index in [-0.39, 0.29) is 5.91 Å². The van der Waals surface area contributed by atoms with Gasteiger partial charge in [0, 0.05) is 18.3 Å². The fraction of sp³-hybridized carbons (Fsp3) is 0.182. The summed E-state index contributed by atoms with van der Waals surface area (Å²) < 4.78 is 1.73. The number of amides is 1. The summed E-state index contributed by atoms with van der Waals surface area (Å²) in [5, 5.41) is 8.15. The molecule has 6 heteroatoms. The highest BCUT2D eigenvalue weighted by molar-refractivity contribution is 6.42. The van der Waals surface area contributed by atoms with Crippen LogP contribution >= 0.6 is 23.2 Å². The molecule has 3 aromatic rings. The van der Waals surface area contributed by atoms with Crippen molar-refractivity contribution >= 4 is 41.0 Å².